The first-order valence-electron chi connectivity index (χ1n) is 0.428. The van der Waals surface area contributed by atoms with Crippen molar-refractivity contribution in [2.75, 3.05) is 0 Å². The molecule has 0 aliphatic rings. The molecule has 0 radical (unpaired) electrons. The molecule has 1 nitrogen and oxygen atoms in total. The molecule has 0 aromatic heterocycles. The van der Waals surface area contributed by atoms with Gasteiger partial charge in [0, 0.05) is 19.5 Å². The number of hydrogen-bond donors (Lipinski definition) is 0. The maximum absolute atomic E-state index is 9.12. The van der Waals surface area contributed by atoms with Crippen LogP contribution in [0.5, 0.6) is 0 Å². The van der Waals surface area contributed by atoms with Crippen molar-refractivity contribution >= 4 is 18.1 Å². The molecule has 0 N–H and O–H groups in total. The van der Waals surface area contributed by atoms with Gasteiger partial charge in [-0.3, -0.25) is 0 Å². The summed E-state index contributed by atoms with van der Waals surface area (Å²) < 4.78 is 9.12. The fraction of sp³-hybridized carbons (Fsp3) is 0. The van der Waals surface area contributed by atoms with Crippen LogP contribution in [0.1, 0.15) is 0 Å². The van der Waals surface area contributed by atoms with Gasteiger partial charge in [-0.1, -0.05) is 0 Å². The zero-order valence-electron chi connectivity index (χ0n) is 1.67. The Hall–Kier alpha value is 1.87. The largest absolute Gasteiger partial charge is 0 e. The molecule has 0 amide bonds. The molecule has 0 unspecified atom stereocenters. The van der Waals surface area contributed by atoms with Gasteiger partial charge in [-0.15, -0.1) is 0 Å². The molecule has 0 saturated heterocycles. The second-order valence-electron chi connectivity index (χ2n) is 0.0786. The number of rotatable bonds is 0. The van der Waals surface area contributed by atoms with E-state index in [-0.39, 0.29) is 19.5 Å². The molecule has 0 aromatic carbocycles. The molecule has 0 aliphatic carbocycles. The summed E-state index contributed by atoms with van der Waals surface area (Å²) in [5.74, 6) is 0. The Morgan fingerprint density at radius 2 is 1.75 bits per heavy atom. The molecule has 0 rings (SSSR count). The van der Waals surface area contributed by atoms with E-state index < -0.39 is 18.1 Å². The summed E-state index contributed by atoms with van der Waals surface area (Å²) in [5, 5.41) is 0. The zero-order chi connectivity index (χ0) is 2.71. The van der Waals surface area contributed by atoms with Crippen molar-refractivity contribution in [2.24, 2.45) is 0 Å². The average Bonchev–Trinajstić information content (AvgIpc) is 0.918. The first kappa shape index (κ1) is 9.30. The fourth-order valence-electron chi connectivity index (χ4n) is 0. The summed E-state index contributed by atoms with van der Waals surface area (Å²) in [6, 6.07) is 0. The smallest absolute Gasteiger partial charge is 0 e. The van der Waals surface area contributed by atoms with Gasteiger partial charge in [0.25, 0.3) is 0 Å². The Balaban J connectivity index is 0. The van der Waals surface area contributed by atoms with Crippen molar-refractivity contribution in [1.29, 1.82) is 0 Å². The van der Waals surface area contributed by atoms with E-state index in [4.69, 9.17) is 3.08 Å². The van der Waals surface area contributed by atoms with Crippen molar-refractivity contribution < 1.29 is 37.9 Å². The SMILES string of the molecule is [O]=[SnH][Ir].[Ru]. The summed E-state index contributed by atoms with van der Waals surface area (Å²) in [4.78, 5) is 0. The third-order valence-corrected chi connectivity index (χ3v) is 0. The topological polar surface area (TPSA) is 17.1 Å². The third kappa shape index (κ3) is 9.11. The van der Waals surface area contributed by atoms with Crippen molar-refractivity contribution in [3.05, 3.63) is 0 Å². The summed E-state index contributed by atoms with van der Waals surface area (Å²) in [6.07, 6.45) is 0. The minimum absolute atomic E-state index is 0. The Morgan fingerprint density at radius 1 is 1.75 bits per heavy atom. The van der Waals surface area contributed by atoms with Crippen molar-refractivity contribution in [2.45, 2.75) is 0 Å². The van der Waals surface area contributed by atoms with Gasteiger partial charge in [0.15, 0.2) is 0 Å². The van der Waals surface area contributed by atoms with Crippen molar-refractivity contribution in [3.8, 4) is 0 Å². The van der Waals surface area contributed by atoms with E-state index in [9.17, 15) is 0 Å². The molecule has 0 aromatic rings. The molecule has 4 heteroatoms. The third-order valence-electron chi connectivity index (χ3n) is 0. The van der Waals surface area contributed by atoms with Crippen LogP contribution >= 0.6 is 0 Å². The van der Waals surface area contributed by atoms with Crippen LogP contribution in [0.2, 0.25) is 0 Å². The summed E-state index contributed by atoms with van der Waals surface area (Å²) in [7, 11) is 0. The van der Waals surface area contributed by atoms with E-state index >= 15 is 0 Å². The Morgan fingerprint density at radius 3 is 1.75 bits per heavy atom. The van der Waals surface area contributed by atoms with Crippen molar-refractivity contribution in [3.63, 3.8) is 0 Å². The van der Waals surface area contributed by atoms with E-state index in [0.717, 1.165) is 0 Å². The van der Waals surface area contributed by atoms with Gasteiger partial charge >= 0.3 is 36.5 Å². The Kier molecular flexibility index (Phi) is 20.6. The van der Waals surface area contributed by atoms with Gasteiger partial charge in [-0.25, -0.2) is 0 Å². The predicted octanol–water partition coefficient (Wildman–Crippen LogP) is -0.772. The van der Waals surface area contributed by atoms with Crippen molar-refractivity contribution in [1.82, 2.24) is 0 Å². The summed E-state index contributed by atoms with van der Waals surface area (Å²) in [5.41, 5.74) is 0. The van der Waals surface area contributed by atoms with Crippen LogP contribution in [0.15, 0.2) is 0 Å². The first-order valence-corrected chi connectivity index (χ1v) is 12.1. The van der Waals surface area contributed by atoms with E-state index in [0.29, 0.717) is 0 Å². The average molecular weight is 429 g/mol. The minimum Gasteiger partial charge on any atom is 0 e. The normalized spacial score (nSPS) is 3.50. The second-order valence-corrected chi connectivity index (χ2v) is 4.31. The monoisotopic (exact) mass is 432 g/mol. The minimum atomic E-state index is -1.14. The van der Waals surface area contributed by atoms with Crippen LogP contribution in [0.4, 0.5) is 0 Å². The molecule has 0 bridgehead atoms. The quantitative estimate of drug-likeness (QED) is 0.463. The maximum atomic E-state index is 9.12. The molecular formula is HIrORuSn. The standard InChI is InChI=1S/Ir.O.Ru.Sn.H. The molecule has 28 valence electrons. The van der Waals surface area contributed by atoms with E-state index in [1.165, 1.54) is 0 Å². The first-order chi connectivity index (χ1) is 1.41. The molecule has 4 heavy (non-hydrogen) atoms. The van der Waals surface area contributed by atoms with Crippen LogP contribution in [0.3, 0.4) is 0 Å². The molecule has 0 aliphatic heterocycles. The van der Waals surface area contributed by atoms with Gasteiger partial charge in [0.05, 0.1) is 0 Å². The fourth-order valence-corrected chi connectivity index (χ4v) is 0. The molecule has 0 saturated carbocycles. The maximum Gasteiger partial charge on any atom is 0 e. The van der Waals surface area contributed by atoms with E-state index in [1.54, 1.807) is 15.3 Å². The van der Waals surface area contributed by atoms with Gasteiger partial charge in [-0.05, 0) is 0 Å². The Bertz CT molecular complexity index is 15.5. The molecule has 0 fully saturated rings. The zero-order valence-corrected chi connectivity index (χ0v) is 9.10. The van der Waals surface area contributed by atoms with Gasteiger partial charge in [0.1, 0.15) is 0 Å². The molecule has 0 spiro atoms. The second kappa shape index (κ2) is 8.86. The van der Waals surface area contributed by atoms with Crippen LogP contribution < -0.4 is 0 Å². The van der Waals surface area contributed by atoms with Crippen LogP contribution in [-0.2, 0) is 37.9 Å². The van der Waals surface area contributed by atoms with Gasteiger partial charge < -0.3 is 0 Å². The summed E-state index contributed by atoms with van der Waals surface area (Å²) >= 11 is 0.619. The summed E-state index contributed by atoms with van der Waals surface area (Å²) in [6.45, 7) is 0. The van der Waals surface area contributed by atoms with E-state index in [1.807, 2.05) is 0 Å². The molecule has 0 atom stereocenters. The Labute approximate surface area is 55.3 Å². The van der Waals surface area contributed by atoms with Crippen LogP contribution in [0, 0.1) is 0 Å². The predicted molar refractivity (Wildman–Crippen MR) is 7.84 cm³/mol. The number of hydrogen-bond acceptors (Lipinski definition) is 1. The molecule has 0 heterocycles. The van der Waals surface area contributed by atoms with E-state index in [2.05, 4.69) is 0 Å². The van der Waals surface area contributed by atoms with Gasteiger partial charge in [-0.2, -0.15) is 0 Å². The van der Waals surface area contributed by atoms with Gasteiger partial charge in [0.2, 0.25) is 0 Å². The molecular weight excluding hydrogens is 428 g/mol. The van der Waals surface area contributed by atoms with Crippen LogP contribution in [-0.4, -0.2) is 18.1 Å². The van der Waals surface area contributed by atoms with Crippen LogP contribution in [0.25, 0.3) is 0 Å².